The Morgan fingerprint density at radius 2 is 1.43 bits per heavy atom. The molecule has 0 aromatic heterocycles. The highest BCUT2D eigenvalue weighted by molar-refractivity contribution is 7.89. The Labute approximate surface area is 216 Å². The summed E-state index contributed by atoms with van der Waals surface area (Å²) in [4.78, 5) is 12.4. The molecule has 1 amide bonds. The monoisotopic (exact) mass is 513 g/mol. The third-order valence-electron chi connectivity index (χ3n) is 6.13. The molecule has 0 bridgehead atoms. The van der Waals surface area contributed by atoms with Gasteiger partial charge in [0.15, 0.2) is 6.61 Å². The van der Waals surface area contributed by atoms with Gasteiger partial charge in [-0.25, -0.2) is 8.42 Å². The fourth-order valence-electron chi connectivity index (χ4n) is 4.23. The normalized spacial score (nSPS) is 16.3. The van der Waals surface area contributed by atoms with Crippen molar-refractivity contribution in [2.24, 2.45) is 0 Å². The van der Waals surface area contributed by atoms with Crippen LogP contribution in [0.5, 0.6) is 5.75 Å². The van der Waals surface area contributed by atoms with E-state index in [1.54, 1.807) is 30.3 Å². The maximum atomic E-state index is 13.6. The Kier molecular flexibility index (Phi) is 7.20. The summed E-state index contributed by atoms with van der Waals surface area (Å²) in [5.74, 6) is 0.297. The number of nitrogens with one attached hydrogen (secondary N) is 2. The van der Waals surface area contributed by atoms with Crippen LogP contribution in [0.15, 0.2) is 114 Å². The molecule has 0 spiro atoms. The number of hydrogen-bond donors (Lipinski definition) is 2. The lowest BCUT2D eigenvalue weighted by molar-refractivity contribution is -0.123. The molecule has 0 saturated carbocycles. The Morgan fingerprint density at radius 1 is 0.811 bits per heavy atom. The second-order valence-electron chi connectivity index (χ2n) is 8.70. The van der Waals surface area contributed by atoms with Crippen molar-refractivity contribution >= 4 is 21.6 Å². The molecule has 0 radical (unpaired) electrons. The maximum Gasteiger partial charge on any atom is 0.258 e. The van der Waals surface area contributed by atoms with E-state index in [-0.39, 0.29) is 24.0 Å². The average molecular weight is 514 g/mol. The van der Waals surface area contributed by atoms with Crippen LogP contribution in [0.3, 0.4) is 0 Å². The van der Waals surface area contributed by atoms with Gasteiger partial charge in [-0.1, -0.05) is 84.9 Å². The van der Waals surface area contributed by atoms with E-state index >= 15 is 0 Å². The lowest BCUT2D eigenvalue weighted by Crippen LogP contribution is -2.42. The van der Waals surface area contributed by atoms with Crippen molar-refractivity contribution in [1.29, 1.82) is 0 Å². The SMILES string of the molecule is O=C(COc1ccc([C@H]2Nc3ccccc3S(=O)(=O)N2Cc2ccccc2)cc1)NCc1ccccc1. The number of nitrogens with zero attached hydrogens (tertiary/aromatic N) is 1. The molecule has 0 fully saturated rings. The summed E-state index contributed by atoms with van der Waals surface area (Å²) in [6, 6.07) is 33.2. The number of para-hydroxylation sites is 1. The number of sulfonamides is 1. The summed E-state index contributed by atoms with van der Waals surface area (Å²) in [7, 11) is -3.75. The van der Waals surface area contributed by atoms with Gasteiger partial charge in [0.25, 0.3) is 5.91 Å². The quantitative estimate of drug-likeness (QED) is 0.357. The highest BCUT2D eigenvalue weighted by atomic mass is 32.2. The molecule has 4 aromatic carbocycles. The van der Waals surface area contributed by atoms with Crippen LogP contribution in [0.2, 0.25) is 0 Å². The molecule has 1 atom stereocenters. The number of carbonyl (C=O) groups is 1. The second kappa shape index (κ2) is 10.9. The van der Waals surface area contributed by atoms with Crippen molar-refractivity contribution in [1.82, 2.24) is 9.62 Å². The van der Waals surface area contributed by atoms with E-state index in [4.69, 9.17) is 4.74 Å². The molecule has 4 aromatic rings. The van der Waals surface area contributed by atoms with Crippen LogP contribution in [0.4, 0.5) is 5.69 Å². The lowest BCUT2D eigenvalue weighted by atomic mass is 10.1. The molecule has 1 heterocycles. The molecule has 2 N–H and O–H groups in total. The van der Waals surface area contributed by atoms with E-state index in [1.807, 2.05) is 78.9 Å². The smallest absolute Gasteiger partial charge is 0.258 e. The first kappa shape index (κ1) is 24.5. The Hall–Kier alpha value is -4.14. The van der Waals surface area contributed by atoms with Crippen LogP contribution >= 0.6 is 0 Å². The van der Waals surface area contributed by atoms with Crippen molar-refractivity contribution in [2.75, 3.05) is 11.9 Å². The highest BCUT2D eigenvalue weighted by Gasteiger charge is 2.38. The number of fused-ring (bicyclic) bond motifs is 1. The van der Waals surface area contributed by atoms with Gasteiger partial charge in [0.05, 0.1) is 5.69 Å². The van der Waals surface area contributed by atoms with Crippen molar-refractivity contribution in [3.63, 3.8) is 0 Å². The number of amides is 1. The van der Waals surface area contributed by atoms with Gasteiger partial charge in [-0.3, -0.25) is 4.79 Å². The van der Waals surface area contributed by atoms with Crippen molar-refractivity contribution in [3.8, 4) is 5.75 Å². The number of hydrogen-bond acceptors (Lipinski definition) is 5. The molecule has 0 saturated heterocycles. The molecular weight excluding hydrogens is 486 g/mol. The van der Waals surface area contributed by atoms with Gasteiger partial charge in [0.1, 0.15) is 16.8 Å². The highest BCUT2D eigenvalue weighted by Crippen LogP contribution is 2.39. The van der Waals surface area contributed by atoms with Gasteiger partial charge >= 0.3 is 0 Å². The Morgan fingerprint density at radius 3 is 2.14 bits per heavy atom. The zero-order chi connectivity index (χ0) is 25.7. The maximum absolute atomic E-state index is 13.6. The molecule has 5 rings (SSSR count). The van der Waals surface area contributed by atoms with Crippen molar-refractivity contribution < 1.29 is 17.9 Å². The van der Waals surface area contributed by atoms with Crippen LogP contribution < -0.4 is 15.4 Å². The zero-order valence-corrected chi connectivity index (χ0v) is 20.9. The summed E-state index contributed by atoms with van der Waals surface area (Å²) >= 11 is 0. The van der Waals surface area contributed by atoms with Gasteiger partial charge in [-0.2, -0.15) is 4.31 Å². The van der Waals surface area contributed by atoms with Gasteiger partial charge < -0.3 is 15.4 Å². The first-order valence-electron chi connectivity index (χ1n) is 12.0. The van der Waals surface area contributed by atoms with Crippen LogP contribution in [-0.2, 0) is 27.9 Å². The third kappa shape index (κ3) is 5.66. The standard InChI is InChI=1S/C29H27N3O4S/c33-28(30-19-22-9-3-1-4-10-22)21-36-25-17-15-24(16-18-25)29-31-26-13-7-8-14-27(26)37(34,35)32(29)20-23-11-5-2-6-12-23/h1-18,29,31H,19-21H2,(H,30,33)/t29-/m0/s1. The molecule has 7 nitrogen and oxygen atoms in total. The molecule has 1 aliphatic rings. The Bertz CT molecular complexity index is 1460. The summed E-state index contributed by atoms with van der Waals surface area (Å²) in [6.07, 6.45) is -0.608. The topological polar surface area (TPSA) is 87.7 Å². The van der Waals surface area contributed by atoms with E-state index in [9.17, 15) is 13.2 Å². The largest absolute Gasteiger partial charge is 0.484 e. The molecule has 188 valence electrons. The summed E-state index contributed by atoms with van der Waals surface area (Å²) in [5, 5.41) is 6.22. The minimum atomic E-state index is -3.75. The Balaban J connectivity index is 1.31. The van der Waals surface area contributed by atoms with Gasteiger partial charge in [0.2, 0.25) is 10.0 Å². The number of benzene rings is 4. The van der Waals surface area contributed by atoms with E-state index in [1.165, 1.54) is 4.31 Å². The van der Waals surface area contributed by atoms with E-state index in [2.05, 4.69) is 10.6 Å². The van der Waals surface area contributed by atoms with Crippen molar-refractivity contribution in [3.05, 3.63) is 126 Å². The minimum Gasteiger partial charge on any atom is -0.484 e. The summed E-state index contributed by atoms with van der Waals surface area (Å²) in [5.41, 5.74) is 3.22. The summed E-state index contributed by atoms with van der Waals surface area (Å²) in [6.45, 7) is 0.535. The third-order valence-corrected chi connectivity index (χ3v) is 8.00. The first-order valence-corrected chi connectivity index (χ1v) is 13.4. The van der Waals surface area contributed by atoms with Gasteiger partial charge in [-0.15, -0.1) is 0 Å². The zero-order valence-electron chi connectivity index (χ0n) is 20.1. The van der Waals surface area contributed by atoms with Crippen LogP contribution in [0.25, 0.3) is 0 Å². The molecule has 0 aliphatic carbocycles. The average Bonchev–Trinajstić information content (AvgIpc) is 2.94. The fraction of sp³-hybridized carbons (Fsp3) is 0.138. The van der Waals surface area contributed by atoms with Crippen molar-refractivity contribution in [2.45, 2.75) is 24.2 Å². The molecule has 0 unspecified atom stereocenters. The predicted molar refractivity (Wildman–Crippen MR) is 142 cm³/mol. The van der Waals surface area contributed by atoms with E-state index in [0.29, 0.717) is 18.0 Å². The van der Waals surface area contributed by atoms with E-state index < -0.39 is 16.2 Å². The lowest BCUT2D eigenvalue weighted by Gasteiger charge is -2.37. The van der Waals surface area contributed by atoms with Gasteiger partial charge in [0, 0.05) is 13.1 Å². The molecule has 8 heteroatoms. The number of ether oxygens (including phenoxy) is 1. The van der Waals surface area contributed by atoms with Gasteiger partial charge in [-0.05, 0) is 41.0 Å². The second-order valence-corrected chi connectivity index (χ2v) is 10.6. The van der Waals surface area contributed by atoms with Crippen LogP contribution in [0.1, 0.15) is 22.9 Å². The summed E-state index contributed by atoms with van der Waals surface area (Å²) < 4.78 is 34.4. The number of rotatable bonds is 8. The minimum absolute atomic E-state index is 0.115. The van der Waals surface area contributed by atoms with E-state index in [0.717, 1.165) is 16.7 Å². The number of carbonyl (C=O) groups excluding carboxylic acids is 1. The fourth-order valence-corrected chi connectivity index (χ4v) is 5.91. The first-order chi connectivity index (χ1) is 18.0. The van der Waals surface area contributed by atoms with Crippen LogP contribution in [-0.4, -0.2) is 25.2 Å². The number of anilines is 1. The van der Waals surface area contributed by atoms with Crippen LogP contribution in [0, 0.1) is 0 Å². The molecule has 1 aliphatic heterocycles. The molecular formula is C29H27N3O4S. The predicted octanol–water partition coefficient (Wildman–Crippen LogP) is 4.70. The molecule has 37 heavy (non-hydrogen) atoms.